The molecule has 320 valence electrons. The molecule has 0 amide bonds. The van der Waals surface area contributed by atoms with Crippen molar-refractivity contribution in [1.29, 1.82) is 0 Å². The lowest BCUT2D eigenvalue weighted by Crippen LogP contribution is -2.28. The number of unbranched alkanes of at least 4 members (excludes halogenated alkanes) is 2. The summed E-state index contributed by atoms with van der Waals surface area (Å²) in [6.45, 7) is 12.9. The number of ether oxygens (including phenoxy) is 1. The zero-order chi connectivity index (χ0) is 43.2. The van der Waals surface area contributed by atoms with Gasteiger partial charge in [-0.25, -0.2) is 8.42 Å². The quantitative estimate of drug-likeness (QED) is 0.0152. The Labute approximate surface area is 364 Å². The first-order chi connectivity index (χ1) is 29.3. The molecule has 11 heteroatoms. The van der Waals surface area contributed by atoms with Crippen LogP contribution in [-0.4, -0.2) is 54.5 Å². The number of allylic oxidation sites excluding steroid dienone is 6. The summed E-state index contributed by atoms with van der Waals surface area (Å²) >= 11 is 1.00. The van der Waals surface area contributed by atoms with Gasteiger partial charge in [-0.2, -0.15) is 8.91 Å². The molecule has 5 aromatic rings. The van der Waals surface area contributed by atoms with E-state index < -0.39 is 21.3 Å². The first-order valence-corrected chi connectivity index (χ1v) is 23.7. The smallest absolute Gasteiger partial charge is 0.210 e. The highest BCUT2D eigenvalue weighted by Crippen LogP contribution is 2.51. The van der Waals surface area contributed by atoms with Gasteiger partial charge in [0.2, 0.25) is 5.69 Å². The van der Waals surface area contributed by atoms with Crippen LogP contribution in [0.25, 0.3) is 27.1 Å². The summed E-state index contributed by atoms with van der Waals surface area (Å²) in [5.74, 6) is 0.945. The second-order valence-corrected chi connectivity index (χ2v) is 19.1. The largest absolute Gasteiger partial charge is 0.748 e. The Kier molecular flexibility index (Phi) is 13.9. The summed E-state index contributed by atoms with van der Waals surface area (Å²) < 4.78 is 48.6. The number of anilines is 1. The Balaban J connectivity index is 1.36. The molecule has 2 heterocycles. The van der Waals surface area contributed by atoms with E-state index in [9.17, 15) is 18.2 Å². The van der Waals surface area contributed by atoms with Crippen LogP contribution in [0, 0.1) is 0 Å². The van der Waals surface area contributed by atoms with Crippen molar-refractivity contribution in [3.8, 4) is 5.75 Å². The van der Waals surface area contributed by atoms with E-state index in [4.69, 9.17) is 4.74 Å². The molecule has 2 aliphatic rings. The third kappa shape index (κ3) is 9.68. The monoisotopic (exact) mass is 859 g/mol. The van der Waals surface area contributed by atoms with Gasteiger partial charge in [-0.3, -0.25) is 5.04 Å². The highest BCUT2D eigenvalue weighted by molar-refractivity contribution is 7.94. The molecule has 0 fully saturated rings. The number of fused-ring (bicyclic) bond motifs is 6. The van der Waals surface area contributed by atoms with Gasteiger partial charge in [0.05, 0.1) is 22.1 Å². The second-order valence-electron chi connectivity index (χ2n) is 16.8. The topological polar surface area (TPSA) is 114 Å². The Morgan fingerprint density at radius 2 is 1.56 bits per heavy atom. The standard InChI is InChI=1S/C50H56N2O7S2/c1-6-7-12-32-57-40-19-13-18-39(35-40)36(24-28-45-49(2,3)47-41-20-10-8-16-37(41)22-26-43(47)51(45)30-14-33-60-59-58-53)25-29-46-50(4,5)48-42-21-11-9-17-38(42)23-27-44(48)52(46)31-15-34-61(54,55)56/h8-11,13,16-29,35H,6-7,12,14-15,30-34H2,1-5H3,(H-,53,54,55,56)/p-1. The summed E-state index contributed by atoms with van der Waals surface area (Å²) in [5.41, 5.74) is 7.88. The molecule has 9 nitrogen and oxygen atoms in total. The molecule has 0 spiro atoms. The van der Waals surface area contributed by atoms with Gasteiger partial charge >= 0.3 is 0 Å². The third-order valence-electron chi connectivity index (χ3n) is 12.0. The van der Waals surface area contributed by atoms with E-state index in [1.165, 1.54) is 21.9 Å². The number of nitrogens with zero attached hydrogens (tertiary/aromatic N) is 2. The van der Waals surface area contributed by atoms with Crippen LogP contribution < -0.4 is 14.9 Å². The van der Waals surface area contributed by atoms with Gasteiger partial charge in [-0.15, -0.1) is 0 Å². The van der Waals surface area contributed by atoms with Gasteiger partial charge in [0.25, 0.3) is 0 Å². The molecule has 0 radical (unpaired) electrons. The molecular weight excluding hydrogens is 805 g/mol. The van der Waals surface area contributed by atoms with Crippen LogP contribution in [-0.2, 0) is 30.3 Å². The number of hydrogen-bond acceptors (Lipinski definition) is 9. The van der Waals surface area contributed by atoms with E-state index in [-0.39, 0.29) is 11.8 Å². The highest BCUT2D eigenvalue weighted by atomic mass is 32.2. The molecule has 0 saturated heterocycles. The lowest BCUT2D eigenvalue weighted by molar-refractivity contribution is -0.777. The molecule has 0 aliphatic carbocycles. The summed E-state index contributed by atoms with van der Waals surface area (Å²) in [6, 6.07) is 33.7. The van der Waals surface area contributed by atoms with E-state index in [0.717, 1.165) is 88.2 Å². The molecule has 5 aromatic carbocycles. The molecule has 0 unspecified atom stereocenters. The normalized spacial score (nSPS) is 16.7. The fourth-order valence-electron chi connectivity index (χ4n) is 9.18. The first-order valence-electron chi connectivity index (χ1n) is 21.2. The first kappa shape index (κ1) is 44.3. The molecule has 0 atom stereocenters. The van der Waals surface area contributed by atoms with E-state index >= 15 is 0 Å². The van der Waals surface area contributed by atoms with Crippen molar-refractivity contribution in [2.24, 2.45) is 0 Å². The number of hydrogen-bond donors (Lipinski definition) is 0. The summed E-state index contributed by atoms with van der Waals surface area (Å²) in [7, 11) is -4.38. The second kappa shape index (κ2) is 19.1. The van der Waals surface area contributed by atoms with Crippen LogP contribution in [0.1, 0.15) is 83.4 Å². The van der Waals surface area contributed by atoms with Crippen molar-refractivity contribution in [2.75, 3.05) is 36.1 Å². The predicted molar refractivity (Wildman–Crippen MR) is 246 cm³/mol. The van der Waals surface area contributed by atoms with Crippen LogP contribution >= 0.6 is 12.0 Å². The Hall–Kier alpha value is -4.75. The summed E-state index contributed by atoms with van der Waals surface area (Å²) in [6.07, 6.45) is 12.9. The molecule has 7 rings (SSSR count). The van der Waals surface area contributed by atoms with E-state index in [2.05, 4.69) is 157 Å². The minimum Gasteiger partial charge on any atom is -0.748 e. The number of benzene rings is 5. The molecule has 61 heavy (non-hydrogen) atoms. The zero-order valence-electron chi connectivity index (χ0n) is 35.7. The van der Waals surface area contributed by atoms with E-state index in [0.29, 0.717) is 25.4 Å². The molecular formula is C50H55N2O7S2-. The summed E-state index contributed by atoms with van der Waals surface area (Å²) in [5, 5.41) is 18.8. The lowest BCUT2D eigenvalue weighted by Gasteiger charge is -2.27. The molecule has 0 saturated carbocycles. The van der Waals surface area contributed by atoms with E-state index in [1.54, 1.807) is 0 Å². The van der Waals surface area contributed by atoms with Gasteiger partial charge < -0.3 is 19.4 Å². The van der Waals surface area contributed by atoms with Gasteiger partial charge in [0, 0.05) is 71.0 Å². The van der Waals surface area contributed by atoms with Crippen LogP contribution in [0.5, 0.6) is 5.75 Å². The number of rotatable bonds is 19. The minimum atomic E-state index is -4.38. The van der Waals surface area contributed by atoms with Crippen molar-refractivity contribution in [3.05, 3.63) is 144 Å². The predicted octanol–water partition coefficient (Wildman–Crippen LogP) is 10.5. The average Bonchev–Trinajstić information content (AvgIpc) is 3.60. The van der Waals surface area contributed by atoms with Gasteiger partial charge in [-0.1, -0.05) is 106 Å². The van der Waals surface area contributed by atoms with Gasteiger partial charge in [0.1, 0.15) is 12.3 Å². The Morgan fingerprint density at radius 1 is 0.836 bits per heavy atom. The van der Waals surface area contributed by atoms with Crippen molar-refractivity contribution < 1.29 is 36.9 Å². The van der Waals surface area contributed by atoms with Gasteiger partial charge in [-0.05, 0) is 101 Å². The van der Waals surface area contributed by atoms with Crippen LogP contribution in [0.2, 0.25) is 0 Å². The van der Waals surface area contributed by atoms with Gasteiger partial charge in [0.15, 0.2) is 5.71 Å². The van der Waals surface area contributed by atoms with Crippen molar-refractivity contribution in [2.45, 2.75) is 77.6 Å². The average molecular weight is 860 g/mol. The molecule has 0 N–H and O–H groups in total. The Bertz CT molecular complexity index is 2630. The summed E-state index contributed by atoms with van der Waals surface area (Å²) in [4.78, 5) is 2.19. The van der Waals surface area contributed by atoms with Crippen molar-refractivity contribution in [3.63, 3.8) is 0 Å². The SMILES string of the molecule is CCCCCOc1cccc(C(=C\C=C2\N(CCCS(=O)(=O)[O-])c3ccc4ccccc4c3C2(C)C)/C=C/C2=[N+](CCCSOO[O-])c3ccc4ccccc4c3C2(C)C)c1. The maximum atomic E-state index is 11.8. The van der Waals surface area contributed by atoms with E-state index in [1.807, 2.05) is 18.2 Å². The maximum Gasteiger partial charge on any atom is 0.210 e. The zero-order valence-corrected chi connectivity index (χ0v) is 37.3. The minimum absolute atomic E-state index is 0.201. The molecule has 0 bridgehead atoms. The highest BCUT2D eigenvalue weighted by Gasteiger charge is 2.45. The van der Waals surface area contributed by atoms with Crippen molar-refractivity contribution in [1.82, 2.24) is 0 Å². The maximum absolute atomic E-state index is 11.8. The lowest BCUT2D eigenvalue weighted by atomic mass is 9.79. The third-order valence-corrected chi connectivity index (χ3v) is 13.4. The Morgan fingerprint density at radius 3 is 2.28 bits per heavy atom. The molecule has 2 aliphatic heterocycles. The fourth-order valence-corrected chi connectivity index (χ4v) is 10.0. The molecule has 0 aromatic heterocycles. The van der Waals surface area contributed by atoms with Crippen molar-refractivity contribution >= 4 is 66.4 Å². The fraction of sp³-hybridized carbons (Fsp3) is 0.340. The van der Waals surface area contributed by atoms with Crippen LogP contribution in [0.15, 0.2) is 127 Å². The van der Waals surface area contributed by atoms with Crippen LogP contribution in [0.4, 0.5) is 11.4 Å². The van der Waals surface area contributed by atoms with Crippen LogP contribution in [0.3, 0.4) is 0 Å².